The molecule has 0 radical (unpaired) electrons. The molecule has 0 saturated carbocycles. The average molecular weight is 289 g/mol. The van der Waals surface area contributed by atoms with Gasteiger partial charge < -0.3 is 10.2 Å². The van der Waals surface area contributed by atoms with Gasteiger partial charge in [-0.05, 0) is 48.5 Å². The molecule has 2 rings (SSSR count). The van der Waals surface area contributed by atoms with Gasteiger partial charge in [0.15, 0.2) is 0 Å². The third kappa shape index (κ3) is 4.05. The van der Waals surface area contributed by atoms with E-state index >= 15 is 0 Å². The number of hydrogen-bond donors (Lipinski definition) is 1. The second-order valence-electron chi connectivity index (χ2n) is 5.10. The molecule has 0 spiro atoms. The SMILES string of the molecule is CCCNCc1cnc(N(C)Cc2cccs2)c(C)c1. The summed E-state index contributed by atoms with van der Waals surface area (Å²) in [6.45, 7) is 7.18. The first kappa shape index (κ1) is 15.0. The second-order valence-corrected chi connectivity index (χ2v) is 6.13. The quantitative estimate of drug-likeness (QED) is 0.790. The van der Waals surface area contributed by atoms with Crippen molar-refractivity contribution in [2.75, 3.05) is 18.5 Å². The number of nitrogens with one attached hydrogen (secondary N) is 1. The highest BCUT2D eigenvalue weighted by atomic mass is 32.1. The molecule has 0 aliphatic heterocycles. The van der Waals surface area contributed by atoms with Crippen molar-refractivity contribution >= 4 is 17.2 Å². The van der Waals surface area contributed by atoms with Gasteiger partial charge in [-0.15, -0.1) is 11.3 Å². The molecule has 0 fully saturated rings. The highest BCUT2D eigenvalue weighted by molar-refractivity contribution is 7.09. The Morgan fingerprint density at radius 2 is 2.25 bits per heavy atom. The van der Waals surface area contributed by atoms with E-state index in [9.17, 15) is 0 Å². The fourth-order valence-corrected chi connectivity index (χ4v) is 3.00. The summed E-state index contributed by atoms with van der Waals surface area (Å²) in [4.78, 5) is 8.20. The monoisotopic (exact) mass is 289 g/mol. The topological polar surface area (TPSA) is 28.2 Å². The minimum Gasteiger partial charge on any atom is -0.354 e. The van der Waals surface area contributed by atoms with Crippen LogP contribution in [0.5, 0.6) is 0 Å². The maximum atomic E-state index is 4.63. The number of nitrogens with zero attached hydrogens (tertiary/aromatic N) is 2. The molecule has 0 aliphatic carbocycles. The molecule has 0 amide bonds. The van der Waals surface area contributed by atoms with Crippen molar-refractivity contribution in [1.29, 1.82) is 0 Å². The number of pyridine rings is 1. The number of rotatable bonds is 7. The standard InChI is InChI=1S/C16H23N3S/c1-4-7-17-10-14-9-13(2)16(18-11-14)19(3)12-15-6-5-8-20-15/h5-6,8-9,11,17H,4,7,10,12H2,1-3H3. The first-order valence-corrected chi connectivity index (χ1v) is 7.98. The van der Waals surface area contributed by atoms with E-state index in [0.717, 1.165) is 31.9 Å². The zero-order valence-electron chi connectivity index (χ0n) is 12.5. The molecule has 2 aromatic heterocycles. The van der Waals surface area contributed by atoms with Crippen molar-refractivity contribution in [3.05, 3.63) is 45.8 Å². The van der Waals surface area contributed by atoms with Crippen LogP contribution in [-0.2, 0) is 13.1 Å². The third-order valence-corrected chi connectivity index (χ3v) is 4.06. The van der Waals surface area contributed by atoms with Crippen molar-refractivity contribution in [3.63, 3.8) is 0 Å². The van der Waals surface area contributed by atoms with Gasteiger partial charge in [-0.2, -0.15) is 0 Å². The Balaban J connectivity index is 2.01. The Morgan fingerprint density at radius 1 is 1.40 bits per heavy atom. The Hall–Kier alpha value is -1.39. The number of aryl methyl sites for hydroxylation is 1. The third-order valence-electron chi connectivity index (χ3n) is 3.20. The zero-order valence-corrected chi connectivity index (χ0v) is 13.3. The fourth-order valence-electron chi connectivity index (χ4n) is 2.24. The highest BCUT2D eigenvalue weighted by Gasteiger charge is 2.08. The zero-order chi connectivity index (χ0) is 14.4. The maximum absolute atomic E-state index is 4.63. The molecule has 0 aromatic carbocycles. The summed E-state index contributed by atoms with van der Waals surface area (Å²) in [5.41, 5.74) is 2.49. The van der Waals surface area contributed by atoms with Gasteiger partial charge in [-0.25, -0.2) is 4.98 Å². The van der Waals surface area contributed by atoms with Crippen LogP contribution in [-0.4, -0.2) is 18.6 Å². The molecule has 2 heterocycles. The first-order valence-electron chi connectivity index (χ1n) is 7.10. The van der Waals surface area contributed by atoms with E-state index in [0.29, 0.717) is 0 Å². The van der Waals surface area contributed by atoms with Crippen LogP contribution >= 0.6 is 11.3 Å². The molecular weight excluding hydrogens is 266 g/mol. The summed E-state index contributed by atoms with van der Waals surface area (Å²) >= 11 is 1.79. The minimum absolute atomic E-state index is 0.899. The number of anilines is 1. The summed E-state index contributed by atoms with van der Waals surface area (Å²) in [7, 11) is 2.10. The van der Waals surface area contributed by atoms with E-state index in [-0.39, 0.29) is 0 Å². The van der Waals surface area contributed by atoms with Gasteiger partial charge in [0.05, 0.1) is 6.54 Å². The average Bonchev–Trinajstić information content (AvgIpc) is 2.92. The molecule has 3 nitrogen and oxygen atoms in total. The number of aromatic nitrogens is 1. The Bertz CT molecular complexity index is 523. The molecule has 20 heavy (non-hydrogen) atoms. The van der Waals surface area contributed by atoms with E-state index in [1.807, 2.05) is 6.20 Å². The Labute approximate surface area is 125 Å². The van der Waals surface area contributed by atoms with E-state index in [1.165, 1.54) is 16.0 Å². The summed E-state index contributed by atoms with van der Waals surface area (Å²) in [5, 5.41) is 5.53. The lowest BCUT2D eigenvalue weighted by atomic mass is 10.2. The molecule has 0 bridgehead atoms. The van der Waals surface area contributed by atoms with Crippen molar-refractivity contribution in [2.45, 2.75) is 33.4 Å². The van der Waals surface area contributed by atoms with Crippen molar-refractivity contribution in [3.8, 4) is 0 Å². The van der Waals surface area contributed by atoms with Gasteiger partial charge in [-0.3, -0.25) is 0 Å². The predicted octanol–water partition coefficient (Wildman–Crippen LogP) is 3.59. The van der Waals surface area contributed by atoms with Gasteiger partial charge in [0.1, 0.15) is 5.82 Å². The van der Waals surface area contributed by atoms with Crippen LogP contribution in [0.2, 0.25) is 0 Å². The van der Waals surface area contributed by atoms with Crippen molar-refractivity contribution < 1.29 is 0 Å². The van der Waals surface area contributed by atoms with Crippen LogP contribution in [0, 0.1) is 6.92 Å². The first-order chi connectivity index (χ1) is 9.70. The molecule has 0 unspecified atom stereocenters. The number of hydrogen-bond acceptors (Lipinski definition) is 4. The van der Waals surface area contributed by atoms with Crippen molar-refractivity contribution in [2.24, 2.45) is 0 Å². The van der Waals surface area contributed by atoms with Crippen LogP contribution in [0.4, 0.5) is 5.82 Å². The van der Waals surface area contributed by atoms with Crippen LogP contribution < -0.4 is 10.2 Å². The number of thiophene rings is 1. The lowest BCUT2D eigenvalue weighted by Gasteiger charge is -2.20. The fraction of sp³-hybridized carbons (Fsp3) is 0.438. The molecule has 4 heteroatoms. The van der Waals surface area contributed by atoms with Crippen LogP contribution in [0.3, 0.4) is 0 Å². The lowest BCUT2D eigenvalue weighted by Crippen LogP contribution is -2.19. The van der Waals surface area contributed by atoms with E-state index in [2.05, 4.69) is 59.7 Å². The molecular formula is C16H23N3S. The van der Waals surface area contributed by atoms with Gasteiger partial charge in [0.2, 0.25) is 0 Å². The van der Waals surface area contributed by atoms with Gasteiger partial charge >= 0.3 is 0 Å². The second kappa shape index (κ2) is 7.41. The van der Waals surface area contributed by atoms with Crippen LogP contribution in [0.15, 0.2) is 29.8 Å². The molecule has 0 aliphatic rings. The van der Waals surface area contributed by atoms with Gasteiger partial charge in [-0.1, -0.05) is 13.0 Å². The van der Waals surface area contributed by atoms with Crippen LogP contribution in [0.1, 0.15) is 29.3 Å². The van der Waals surface area contributed by atoms with Gasteiger partial charge in [0, 0.05) is 24.7 Å². The normalized spacial score (nSPS) is 10.8. The minimum atomic E-state index is 0.899. The molecule has 0 atom stereocenters. The predicted molar refractivity (Wildman–Crippen MR) is 87.4 cm³/mol. The molecule has 1 N–H and O–H groups in total. The molecule has 2 aromatic rings. The molecule has 0 saturated heterocycles. The van der Waals surface area contributed by atoms with E-state index < -0.39 is 0 Å². The van der Waals surface area contributed by atoms with Crippen LogP contribution in [0.25, 0.3) is 0 Å². The Kier molecular flexibility index (Phi) is 5.56. The van der Waals surface area contributed by atoms with E-state index in [1.54, 1.807) is 11.3 Å². The molecule has 108 valence electrons. The Morgan fingerprint density at radius 3 is 2.90 bits per heavy atom. The maximum Gasteiger partial charge on any atom is 0.131 e. The van der Waals surface area contributed by atoms with E-state index in [4.69, 9.17) is 0 Å². The summed E-state index contributed by atoms with van der Waals surface area (Å²) in [6.07, 6.45) is 3.14. The summed E-state index contributed by atoms with van der Waals surface area (Å²) in [5.74, 6) is 1.07. The highest BCUT2D eigenvalue weighted by Crippen LogP contribution is 2.20. The summed E-state index contributed by atoms with van der Waals surface area (Å²) in [6, 6.07) is 6.49. The lowest BCUT2D eigenvalue weighted by molar-refractivity contribution is 0.673. The smallest absolute Gasteiger partial charge is 0.131 e. The van der Waals surface area contributed by atoms with Crippen molar-refractivity contribution in [1.82, 2.24) is 10.3 Å². The summed E-state index contributed by atoms with van der Waals surface area (Å²) < 4.78 is 0. The largest absolute Gasteiger partial charge is 0.354 e. The van der Waals surface area contributed by atoms with Gasteiger partial charge in [0.25, 0.3) is 0 Å².